The van der Waals surface area contributed by atoms with E-state index in [2.05, 4.69) is 15.1 Å². The molecule has 7 heteroatoms. The van der Waals surface area contributed by atoms with Crippen molar-refractivity contribution >= 4 is 10.0 Å². The van der Waals surface area contributed by atoms with Gasteiger partial charge in [-0.3, -0.25) is 4.68 Å². The second-order valence-corrected chi connectivity index (χ2v) is 6.19. The van der Waals surface area contributed by atoms with Crippen molar-refractivity contribution in [1.82, 2.24) is 19.8 Å². The normalized spacial score (nSPS) is 12.0. The quantitative estimate of drug-likeness (QED) is 0.690. The van der Waals surface area contributed by atoms with Gasteiger partial charge in [-0.2, -0.15) is 5.10 Å². The summed E-state index contributed by atoms with van der Waals surface area (Å²) in [6, 6.07) is 0. The Hall–Kier alpha value is -0.920. The molecule has 0 amide bonds. The molecule has 0 radical (unpaired) electrons. The Balaban J connectivity index is 2.59. The van der Waals surface area contributed by atoms with E-state index in [9.17, 15) is 8.42 Å². The van der Waals surface area contributed by atoms with E-state index in [1.54, 1.807) is 4.68 Å². The summed E-state index contributed by atoms with van der Waals surface area (Å²) < 4.78 is 27.8. The predicted molar refractivity (Wildman–Crippen MR) is 71.9 cm³/mol. The standard InChI is InChI=1S/C11H22N4O2S/c1-5-12-6-7-18(16,17)13-8-11-9(2)14-15(4)10(11)3/h12-13H,5-8H2,1-4H3. The lowest BCUT2D eigenvalue weighted by Crippen LogP contribution is -2.31. The van der Waals surface area contributed by atoms with E-state index in [0.29, 0.717) is 13.1 Å². The number of hydrogen-bond donors (Lipinski definition) is 2. The van der Waals surface area contributed by atoms with E-state index < -0.39 is 10.0 Å². The van der Waals surface area contributed by atoms with Crippen molar-refractivity contribution in [3.8, 4) is 0 Å². The molecule has 0 aromatic carbocycles. The number of aromatic nitrogens is 2. The highest BCUT2D eigenvalue weighted by molar-refractivity contribution is 7.89. The van der Waals surface area contributed by atoms with Gasteiger partial charge >= 0.3 is 0 Å². The van der Waals surface area contributed by atoms with Crippen LogP contribution in [0.25, 0.3) is 0 Å². The lowest BCUT2D eigenvalue weighted by atomic mass is 10.2. The van der Waals surface area contributed by atoms with E-state index in [1.807, 2.05) is 27.8 Å². The summed E-state index contributed by atoms with van der Waals surface area (Å²) in [7, 11) is -1.37. The summed E-state index contributed by atoms with van der Waals surface area (Å²) in [4.78, 5) is 0. The molecule has 0 atom stereocenters. The van der Waals surface area contributed by atoms with Crippen molar-refractivity contribution < 1.29 is 8.42 Å². The van der Waals surface area contributed by atoms with Crippen molar-refractivity contribution in [2.75, 3.05) is 18.8 Å². The minimum Gasteiger partial charge on any atom is -0.316 e. The summed E-state index contributed by atoms with van der Waals surface area (Å²) in [5.41, 5.74) is 2.80. The third-order valence-corrected chi connectivity index (χ3v) is 4.25. The molecule has 0 saturated heterocycles. The first-order chi connectivity index (χ1) is 8.37. The number of nitrogens with one attached hydrogen (secondary N) is 2. The lowest BCUT2D eigenvalue weighted by molar-refractivity contribution is 0.577. The largest absolute Gasteiger partial charge is 0.316 e. The van der Waals surface area contributed by atoms with Gasteiger partial charge in [0.25, 0.3) is 0 Å². The SMILES string of the molecule is CCNCCS(=O)(=O)NCc1c(C)nn(C)c1C. The van der Waals surface area contributed by atoms with Crippen LogP contribution in [0, 0.1) is 13.8 Å². The molecule has 0 spiro atoms. The van der Waals surface area contributed by atoms with Crippen LogP contribution in [0.1, 0.15) is 23.9 Å². The van der Waals surface area contributed by atoms with Crippen molar-refractivity contribution in [3.05, 3.63) is 17.0 Å². The van der Waals surface area contributed by atoms with Crippen LogP contribution >= 0.6 is 0 Å². The van der Waals surface area contributed by atoms with Gasteiger partial charge in [-0.15, -0.1) is 0 Å². The maximum Gasteiger partial charge on any atom is 0.213 e. The summed E-state index contributed by atoms with van der Waals surface area (Å²) in [6.45, 7) is 7.31. The van der Waals surface area contributed by atoms with E-state index in [0.717, 1.165) is 23.5 Å². The molecule has 0 aliphatic rings. The Morgan fingerprint density at radius 2 is 2.00 bits per heavy atom. The first-order valence-corrected chi connectivity index (χ1v) is 7.69. The molecule has 0 bridgehead atoms. The van der Waals surface area contributed by atoms with Crippen molar-refractivity contribution in [2.45, 2.75) is 27.3 Å². The highest BCUT2D eigenvalue weighted by Crippen LogP contribution is 2.11. The molecule has 0 unspecified atom stereocenters. The average Bonchev–Trinajstić information content (AvgIpc) is 2.51. The summed E-state index contributed by atoms with van der Waals surface area (Å²) in [6.07, 6.45) is 0. The molecular weight excluding hydrogens is 252 g/mol. The molecule has 1 aromatic heterocycles. The van der Waals surface area contributed by atoms with Crippen molar-refractivity contribution in [1.29, 1.82) is 0 Å². The average molecular weight is 274 g/mol. The maximum absolute atomic E-state index is 11.7. The molecule has 0 fully saturated rings. The third kappa shape index (κ3) is 4.08. The van der Waals surface area contributed by atoms with E-state index in [1.165, 1.54) is 0 Å². The van der Waals surface area contributed by atoms with Gasteiger partial charge < -0.3 is 5.32 Å². The molecule has 1 rings (SSSR count). The van der Waals surface area contributed by atoms with Crippen LogP contribution in [-0.4, -0.2) is 37.0 Å². The zero-order valence-corrected chi connectivity index (χ0v) is 12.3. The number of rotatable bonds is 7. The second kappa shape index (κ2) is 6.31. The molecule has 1 aromatic rings. The molecule has 1 heterocycles. The molecule has 2 N–H and O–H groups in total. The zero-order chi connectivity index (χ0) is 13.8. The summed E-state index contributed by atoms with van der Waals surface area (Å²) in [5.74, 6) is 0.0964. The molecule has 0 saturated carbocycles. The van der Waals surface area contributed by atoms with Crippen LogP contribution < -0.4 is 10.0 Å². The fourth-order valence-electron chi connectivity index (χ4n) is 1.71. The number of nitrogens with zero attached hydrogens (tertiary/aromatic N) is 2. The maximum atomic E-state index is 11.7. The second-order valence-electron chi connectivity index (χ2n) is 4.27. The van der Waals surface area contributed by atoms with Crippen molar-refractivity contribution in [3.63, 3.8) is 0 Å². The van der Waals surface area contributed by atoms with Gasteiger partial charge in [0.15, 0.2) is 0 Å². The van der Waals surface area contributed by atoms with Crippen molar-refractivity contribution in [2.24, 2.45) is 7.05 Å². The predicted octanol–water partition coefficient (Wildman–Crippen LogP) is 0.0658. The topological polar surface area (TPSA) is 76.0 Å². The van der Waals surface area contributed by atoms with E-state index in [4.69, 9.17) is 0 Å². The monoisotopic (exact) mass is 274 g/mol. The summed E-state index contributed by atoms with van der Waals surface area (Å²) in [5, 5.41) is 7.25. The molecule has 6 nitrogen and oxygen atoms in total. The first kappa shape index (κ1) is 15.1. The molecule has 0 aliphatic carbocycles. The number of aryl methyl sites for hydroxylation is 2. The highest BCUT2D eigenvalue weighted by Gasteiger charge is 2.14. The van der Waals surface area contributed by atoms with Gasteiger partial charge in [-0.05, 0) is 20.4 Å². The van der Waals surface area contributed by atoms with Gasteiger partial charge in [0, 0.05) is 31.4 Å². The summed E-state index contributed by atoms with van der Waals surface area (Å²) >= 11 is 0. The Bertz CT molecular complexity index is 493. The first-order valence-electron chi connectivity index (χ1n) is 6.04. The Morgan fingerprint density at radius 1 is 1.33 bits per heavy atom. The number of hydrogen-bond acceptors (Lipinski definition) is 4. The molecule has 0 aliphatic heterocycles. The van der Waals surface area contributed by atoms with Crippen LogP contribution in [0.3, 0.4) is 0 Å². The number of sulfonamides is 1. The Labute approximate surface area is 109 Å². The Morgan fingerprint density at radius 3 is 2.50 bits per heavy atom. The van der Waals surface area contributed by atoms with E-state index in [-0.39, 0.29) is 5.75 Å². The van der Waals surface area contributed by atoms with Gasteiger partial charge in [0.1, 0.15) is 0 Å². The van der Waals surface area contributed by atoms with Gasteiger partial charge in [-0.25, -0.2) is 13.1 Å². The highest BCUT2D eigenvalue weighted by atomic mass is 32.2. The van der Waals surface area contributed by atoms with E-state index >= 15 is 0 Å². The molecular formula is C11H22N4O2S. The zero-order valence-electron chi connectivity index (χ0n) is 11.4. The van der Waals surface area contributed by atoms with Crippen LogP contribution in [0.5, 0.6) is 0 Å². The smallest absolute Gasteiger partial charge is 0.213 e. The molecule has 18 heavy (non-hydrogen) atoms. The van der Waals surface area contributed by atoms with Crippen LogP contribution in [0.2, 0.25) is 0 Å². The Kier molecular flexibility index (Phi) is 5.30. The minimum atomic E-state index is -3.23. The third-order valence-electron chi connectivity index (χ3n) is 2.93. The minimum absolute atomic E-state index is 0.0964. The van der Waals surface area contributed by atoms with Crippen LogP contribution in [0.15, 0.2) is 0 Å². The lowest BCUT2D eigenvalue weighted by Gasteiger charge is -2.07. The van der Waals surface area contributed by atoms with Crippen LogP contribution in [-0.2, 0) is 23.6 Å². The molecule has 104 valence electrons. The fraction of sp³-hybridized carbons (Fsp3) is 0.727. The van der Waals surface area contributed by atoms with Crippen LogP contribution in [0.4, 0.5) is 0 Å². The fourth-order valence-corrected chi connectivity index (χ4v) is 2.63. The van der Waals surface area contributed by atoms with Gasteiger partial charge in [-0.1, -0.05) is 6.92 Å². The van der Waals surface area contributed by atoms with Gasteiger partial charge in [0.05, 0.1) is 11.4 Å². The van der Waals surface area contributed by atoms with Gasteiger partial charge in [0.2, 0.25) is 10.0 Å².